The molecule has 3 amide bonds. The van der Waals surface area contributed by atoms with Crippen LogP contribution in [0.15, 0.2) is 77.5 Å². The van der Waals surface area contributed by atoms with E-state index in [9.17, 15) is 27.6 Å². The molecule has 0 atom stereocenters. The zero-order chi connectivity index (χ0) is 26.2. The van der Waals surface area contributed by atoms with Crippen LogP contribution >= 0.6 is 34.8 Å². The van der Waals surface area contributed by atoms with Crippen molar-refractivity contribution in [1.82, 2.24) is 0 Å². The molecule has 0 aromatic heterocycles. The minimum Gasteiger partial charge on any atom is -0.350 e. The number of carbonyl (C=O) groups is 3. The Morgan fingerprint density at radius 2 is 1.56 bits per heavy atom. The smallest absolute Gasteiger partial charge is 0.350 e. The maximum absolute atomic E-state index is 13.2. The molecule has 4 rings (SSSR count). The lowest BCUT2D eigenvalue weighted by Crippen LogP contribution is -2.32. The minimum absolute atomic E-state index is 0.00758. The summed E-state index contributed by atoms with van der Waals surface area (Å²) in [6, 6.07) is 14.3. The molecule has 6 nitrogen and oxygen atoms in total. The van der Waals surface area contributed by atoms with E-state index >= 15 is 0 Å². The Balaban J connectivity index is 1.56. The van der Waals surface area contributed by atoms with Gasteiger partial charge in [0, 0.05) is 11.3 Å². The molecule has 0 aliphatic carbocycles. The van der Waals surface area contributed by atoms with E-state index in [1.54, 1.807) is 0 Å². The quantitative estimate of drug-likeness (QED) is 0.344. The van der Waals surface area contributed by atoms with Crippen molar-refractivity contribution >= 4 is 69.6 Å². The molecule has 0 saturated carbocycles. The number of nitrogens with one attached hydrogen (secondary N) is 2. The first kappa shape index (κ1) is 25.6. The number of carbonyl (C=O) groups excluding carboxylic acids is 3. The van der Waals surface area contributed by atoms with Crippen molar-refractivity contribution in [1.29, 1.82) is 0 Å². The third-order valence-corrected chi connectivity index (χ3v) is 6.15. The van der Waals surface area contributed by atoms with Gasteiger partial charge >= 0.3 is 6.18 Å². The standard InChI is InChI=1S/C24H13Cl3F3N3O3/c25-16-9-8-14(11-17(16)26)33-22(35)19(27)20(23(33)36)31-13-5-3-4-12(10-13)21(34)32-18-7-2-1-6-15(18)24(28,29)30/h1-11,31H,(H,32,34). The van der Waals surface area contributed by atoms with Crippen molar-refractivity contribution in [3.05, 3.63) is 98.6 Å². The van der Waals surface area contributed by atoms with Gasteiger partial charge in [-0.15, -0.1) is 0 Å². The van der Waals surface area contributed by atoms with Crippen molar-refractivity contribution < 1.29 is 27.6 Å². The topological polar surface area (TPSA) is 78.5 Å². The van der Waals surface area contributed by atoms with Crippen LogP contribution in [-0.4, -0.2) is 17.7 Å². The second-order valence-corrected chi connectivity index (χ2v) is 8.63. The minimum atomic E-state index is -4.66. The first-order valence-electron chi connectivity index (χ1n) is 10.1. The highest BCUT2D eigenvalue weighted by Crippen LogP contribution is 2.35. The fourth-order valence-electron chi connectivity index (χ4n) is 3.39. The number of anilines is 3. The maximum Gasteiger partial charge on any atom is 0.418 e. The number of para-hydroxylation sites is 1. The third kappa shape index (κ3) is 5.04. The Kier molecular flexibility index (Phi) is 6.99. The number of rotatable bonds is 5. The van der Waals surface area contributed by atoms with Gasteiger partial charge in [0.15, 0.2) is 0 Å². The summed E-state index contributed by atoms with van der Waals surface area (Å²) in [5, 5.41) is 4.89. The van der Waals surface area contributed by atoms with Crippen LogP contribution < -0.4 is 15.5 Å². The van der Waals surface area contributed by atoms with Crippen LogP contribution in [0.2, 0.25) is 10.0 Å². The maximum atomic E-state index is 13.2. The lowest BCUT2D eigenvalue weighted by atomic mass is 10.1. The van der Waals surface area contributed by atoms with Gasteiger partial charge in [-0.25, -0.2) is 4.90 Å². The summed E-state index contributed by atoms with van der Waals surface area (Å²) in [5.74, 6) is -2.40. The largest absolute Gasteiger partial charge is 0.418 e. The summed E-state index contributed by atoms with van der Waals surface area (Å²) in [6.07, 6.45) is -4.66. The molecular weight excluding hydrogens is 542 g/mol. The first-order valence-corrected chi connectivity index (χ1v) is 11.2. The zero-order valence-electron chi connectivity index (χ0n) is 17.8. The zero-order valence-corrected chi connectivity index (χ0v) is 20.1. The van der Waals surface area contributed by atoms with Crippen LogP contribution in [0.4, 0.5) is 30.2 Å². The van der Waals surface area contributed by atoms with Gasteiger partial charge in [-0.3, -0.25) is 14.4 Å². The summed E-state index contributed by atoms with van der Waals surface area (Å²) in [5.41, 5.74) is -1.34. The predicted molar refractivity (Wildman–Crippen MR) is 131 cm³/mol. The molecule has 0 bridgehead atoms. The van der Waals surface area contributed by atoms with Crippen molar-refractivity contribution in [2.75, 3.05) is 15.5 Å². The van der Waals surface area contributed by atoms with E-state index in [1.807, 2.05) is 0 Å². The SMILES string of the molecule is O=C(Nc1ccccc1C(F)(F)F)c1cccc(NC2=C(Cl)C(=O)N(c3ccc(Cl)c(Cl)c3)C2=O)c1. The molecule has 1 aliphatic heterocycles. The normalized spacial score (nSPS) is 13.9. The summed E-state index contributed by atoms with van der Waals surface area (Å²) in [4.78, 5) is 39.1. The number of halogens is 6. The van der Waals surface area contributed by atoms with Crippen LogP contribution in [0.25, 0.3) is 0 Å². The van der Waals surface area contributed by atoms with Crippen LogP contribution in [-0.2, 0) is 15.8 Å². The van der Waals surface area contributed by atoms with E-state index in [1.165, 1.54) is 54.6 Å². The van der Waals surface area contributed by atoms with Crippen LogP contribution in [0.1, 0.15) is 15.9 Å². The van der Waals surface area contributed by atoms with E-state index in [0.717, 1.165) is 17.0 Å². The Morgan fingerprint density at radius 1 is 0.833 bits per heavy atom. The van der Waals surface area contributed by atoms with E-state index < -0.39 is 40.2 Å². The van der Waals surface area contributed by atoms with E-state index in [2.05, 4.69) is 10.6 Å². The van der Waals surface area contributed by atoms with Crippen molar-refractivity contribution in [2.45, 2.75) is 6.18 Å². The number of benzene rings is 3. The second kappa shape index (κ2) is 9.85. The summed E-state index contributed by atoms with van der Waals surface area (Å²) in [6.45, 7) is 0. The second-order valence-electron chi connectivity index (χ2n) is 7.44. The molecule has 0 unspecified atom stereocenters. The predicted octanol–water partition coefficient (Wildman–Crippen LogP) is 6.70. The Labute approximate surface area is 217 Å². The molecule has 0 radical (unpaired) electrons. The average Bonchev–Trinajstić information content (AvgIpc) is 3.04. The Hall–Kier alpha value is -3.53. The molecule has 36 heavy (non-hydrogen) atoms. The molecule has 3 aromatic rings. The third-order valence-electron chi connectivity index (χ3n) is 5.06. The van der Waals surface area contributed by atoms with Crippen molar-refractivity contribution in [3.63, 3.8) is 0 Å². The number of amides is 3. The van der Waals surface area contributed by atoms with Crippen molar-refractivity contribution in [3.8, 4) is 0 Å². The highest BCUT2D eigenvalue weighted by atomic mass is 35.5. The molecular formula is C24H13Cl3F3N3O3. The Morgan fingerprint density at radius 3 is 2.25 bits per heavy atom. The van der Waals surface area contributed by atoms with Gasteiger partial charge in [-0.2, -0.15) is 13.2 Å². The van der Waals surface area contributed by atoms with Gasteiger partial charge in [-0.05, 0) is 48.5 Å². The van der Waals surface area contributed by atoms with Crippen molar-refractivity contribution in [2.24, 2.45) is 0 Å². The molecule has 1 aliphatic rings. The average molecular weight is 555 g/mol. The number of hydrogen-bond donors (Lipinski definition) is 2. The van der Waals surface area contributed by atoms with Gasteiger partial charge in [0.2, 0.25) is 0 Å². The highest BCUT2D eigenvalue weighted by Gasteiger charge is 2.39. The molecule has 184 valence electrons. The number of imide groups is 1. The molecule has 12 heteroatoms. The van der Waals surface area contributed by atoms with Gasteiger partial charge in [-0.1, -0.05) is 53.0 Å². The lowest BCUT2D eigenvalue weighted by molar-refractivity contribution is -0.137. The summed E-state index contributed by atoms with van der Waals surface area (Å²) < 4.78 is 39.7. The summed E-state index contributed by atoms with van der Waals surface area (Å²) >= 11 is 18.0. The van der Waals surface area contributed by atoms with Crippen LogP contribution in [0, 0.1) is 0 Å². The first-order chi connectivity index (χ1) is 17.0. The summed E-state index contributed by atoms with van der Waals surface area (Å²) in [7, 11) is 0. The van der Waals surface area contributed by atoms with Gasteiger partial charge in [0.05, 0.1) is 27.0 Å². The molecule has 2 N–H and O–H groups in total. The van der Waals surface area contributed by atoms with E-state index in [0.29, 0.717) is 0 Å². The fraction of sp³-hybridized carbons (Fsp3) is 0.0417. The molecule has 0 fully saturated rings. The Bertz CT molecular complexity index is 1440. The molecule has 1 heterocycles. The highest BCUT2D eigenvalue weighted by molar-refractivity contribution is 6.53. The van der Waals surface area contributed by atoms with Crippen LogP contribution in [0.5, 0.6) is 0 Å². The monoisotopic (exact) mass is 553 g/mol. The number of hydrogen-bond acceptors (Lipinski definition) is 4. The number of alkyl halides is 3. The fourth-order valence-corrected chi connectivity index (χ4v) is 3.89. The van der Waals surface area contributed by atoms with Gasteiger partial charge in [0.1, 0.15) is 10.7 Å². The number of nitrogens with zero attached hydrogens (tertiary/aromatic N) is 1. The molecule has 0 saturated heterocycles. The van der Waals surface area contributed by atoms with Gasteiger partial charge in [0.25, 0.3) is 17.7 Å². The lowest BCUT2D eigenvalue weighted by Gasteiger charge is -2.16. The van der Waals surface area contributed by atoms with E-state index in [4.69, 9.17) is 34.8 Å². The van der Waals surface area contributed by atoms with E-state index in [-0.39, 0.29) is 32.7 Å². The van der Waals surface area contributed by atoms with Crippen LogP contribution in [0.3, 0.4) is 0 Å². The molecule has 0 spiro atoms. The molecule has 3 aromatic carbocycles. The van der Waals surface area contributed by atoms with Gasteiger partial charge < -0.3 is 10.6 Å².